The number of carbonyl (C=O) groups excluding carboxylic acids is 2. The van der Waals surface area contributed by atoms with Crippen molar-refractivity contribution in [1.29, 1.82) is 0 Å². The van der Waals surface area contributed by atoms with Gasteiger partial charge in [0.25, 0.3) is 5.91 Å². The van der Waals surface area contributed by atoms with Crippen molar-refractivity contribution in [2.24, 2.45) is 0 Å². The molecule has 0 atom stereocenters. The minimum absolute atomic E-state index is 0.00217. The van der Waals surface area contributed by atoms with Crippen LogP contribution in [0.15, 0.2) is 42.5 Å². The molecule has 1 amide bonds. The quantitative estimate of drug-likeness (QED) is 0.585. The molecule has 1 fully saturated rings. The largest absolute Gasteiger partial charge is 0.399 e. The Morgan fingerprint density at radius 1 is 1.13 bits per heavy atom. The predicted octanol–water partition coefficient (Wildman–Crippen LogP) is 3.11. The summed E-state index contributed by atoms with van der Waals surface area (Å²) in [5.41, 5.74) is 8.89. The molecular formula is C18H19N3O2. The molecule has 0 spiro atoms. The molecule has 0 bridgehead atoms. The fourth-order valence-electron chi connectivity index (χ4n) is 2.32. The Morgan fingerprint density at radius 3 is 2.61 bits per heavy atom. The van der Waals surface area contributed by atoms with Gasteiger partial charge in [0, 0.05) is 23.0 Å². The molecule has 0 unspecified atom stereocenters. The summed E-state index contributed by atoms with van der Waals surface area (Å²) in [4.78, 5) is 23.9. The molecule has 0 radical (unpaired) electrons. The third-order valence-corrected chi connectivity index (χ3v) is 3.75. The Labute approximate surface area is 134 Å². The number of amides is 1. The molecule has 1 aliphatic carbocycles. The van der Waals surface area contributed by atoms with Gasteiger partial charge >= 0.3 is 0 Å². The van der Waals surface area contributed by atoms with Crippen molar-refractivity contribution >= 4 is 28.8 Å². The SMILES string of the molecule is CC(=O)c1cccc(Nc2ccc(N)cc2C(=O)NC2CC2)c1. The summed E-state index contributed by atoms with van der Waals surface area (Å²) in [7, 11) is 0. The van der Waals surface area contributed by atoms with E-state index in [0.717, 1.165) is 18.5 Å². The lowest BCUT2D eigenvalue weighted by atomic mass is 10.1. The molecule has 1 aliphatic rings. The zero-order valence-corrected chi connectivity index (χ0v) is 12.9. The molecule has 4 N–H and O–H groups in total. The molecule has 3 rings (SSSR count). The van der Waals surface area contributed by atoms with Crippen molar-refractivity contribution in [3.63, 3.8) is 0 Å². The van der Waals surface area contributed by atoms with E-state index in [9.17, 15) is 9.59 Å². The molecule has 0 saturated heterocycles. The highest BCUT2D eigenvalue weighted by Crippen LogP contribution is 2.26. The van der Waals surface area contributed by atoms with E-state index in [4.69, 9.17) is 5.73 Å². The molecule has 0 aliphatic heterocycles. The van der Waals surface area contributed by atoms with E-state index in [1.807, 2.05) is 6.07 Å². The standard InChI is InChI=1S/C18H19N3O2/c1-11(22)12-3-2-4-15(9-12)20-17-8-5-13(19)10-16(17)18(23)21-14-6-7-14/h2-5,8-10,14,20H,6-7,19H2,1H3,(H,21,23). The highest BCUT2D eigenvalue weighted by molar-refractivity contribution is 6.01. The van der Waals surface area contributed by atoms with Gasteiger partial charge in [-0.1, -0.05) is 12.1 Å². The number of anilines is 3. The number of Topliss-reactive ketones (excluding diaryl/α,β-unsaturated/α-hetero) is 1. The van der Waals surface area contributed by atoms with E-state index >= 15 is 0 Å². The average molecular weight is 309 g/mol. The third-order valence-electron chi connectivity index (χ3n) is 3.75. The molecule has 2 aromatic carbocycles. The molecule has 2 aromatic rings. The summed E-state index contributed by atoms with van der Waals surface area (Å²) < 4.78 is 0. The van der Waals surface area contributed by atoms with Crippen LogP contribution in [-0.2, 0) is 0 Å². The maximum absolute atomic E-state index is 12.4. The molecule has 5 nitrogen and oxygen atoms in total. The van der Waals surface area contributed by atoms with Crippen molar-refractivity contribution in [3.05, 3.63) is 53.6 Å². The summed E-state index contributed by atoms with van der Waals surface area (Å²) in [5, 5.41) is 6.17. The Kier molecular flexibility index (Phi) is 4.02. The molecule has 0 heterocycles. The number of benzene rings is 2. The van der Waals surface area contributed by atoms with E-state index in [1.54, 1.807) is 36.4 Å². The van der Waals surface area contributed by atoms with Crippen LogP contribution in [0.1, 0.15) is 40.5 Å². The first kappa shape index (κ1) is 15.1. The van der Waals surface area contributed by atoms with Crippen molar-refractivity contribution in [2.45, 2.75) is 25.8 Å². The fraction of sp³-hybridized carbons (Fsp3) is 0.222. The molecule has 0 aromatic heterocycles. The summed E-state index contributed by atoms with van der Waals surface area (Å²) in [5.74, 6) is -0.136. The highest BCUT2D eigenvalue weighted by atomic mass is 16.1. The van der Waals surface area contributed by atoms with Gasteiger partial charge in [0.1, 0.15) is 0 Å². The minimum atomic E-state index is -0.134. The number of nitrogens with two attached hydrogens (primary N) is 1. The lowest BCUT2D eigenvalue weighted by Gasteiger charge is -2.13. The number of nitrogen functional groups attached to an aromatic ring is 1. The van der Waals surface area contributed by atoms with Gasteiger partial charge in [-0.15, -0.1) is 0 Å². The second-order valence-corrected chi connectivity index (χ2v) is 5.81. The minimum Gasteiger partial charge on any atom is -0.399 e. The van der Waals surface area contributed by atoms with Crippen LogP contribution in [0.25, 0.3) is 0 Å². The van der Waals surface area contributed by atoms with E-state index in [1.165, 1.54) is 6.92 Å². The molecule has 1 saturated carbocycles. The third kappa shape index (κ3) is 3.69. The van der Waals surface area contributed by atoms with E-state index in [-0.39, 0.29) is 17.7 Å². The van der Waals surface area contributed by atoms with E-state index in [2.05, 4.69) is 10.6 Å². The smallest absolute Gasteiger partial charge is 0.253 e. The molecule has 5 heteroatoms. The first-order chi connectivity index (χ1) is 11.0. The van der Waals surface area contributed by atoms with Gasteiger partial charge in [0.15, 0.2) is 5.78 Å². The Hall–Kier alpha value is -2.82. The van der Waals surface area contributed by atoms with Crippen LogP contribution in [-0.4, -0.2) is 17.7 Å². The van der Waals surface area contributed by atoms with Gasteiger partial charge in [-0.25, -0.2) is 0 Å². The van der Waals surface area contributed by atoms with Crippen LogP contribution < -0.4 is 16.4 Å². The Morgan fingerprint density at radius 2 is 1.91 bits per heavy atom. The molecule has 118 valence electrons. The summed E-state index contributed by atoms with van der Waals surface area (Å²) >= 11 is 0. The number of carbonyl (C=O) groups is 2. The van der Waals surface area contributed by atoms with Crippen LogP contribution in [0.2, 0.25) is 0 Å². The number of ketones is 1. The summed E-state index contributed by atoms with van der Waals surface area (Å²) in [6.07, 6.45) is 2.05. The van der Waals surface area contributed by atoms with Crippen LogP contribution in [0.3, 0.4) is 0 Å². The number of nitrogens with one attached hydrogen (secondary N) is 2. The number of hydrogen-bond acceptors (Lipinski definition) is 4. The van der Waals surface area contributed by atoms with Crippen molar-refractivity contribution < 1.29 is 9.59 Å². The van der Waals surface area contributed by atoms with E-state index < -0.39 is 0 Å². The van der Waals surface area contributed by atoms with Crippen LogP contribution in [0, 0.1) is 0 Å². The lowest BCUT2D eigenvalue weighted by Crippen LogP contribution is -2.26. The average Bonchev–Trinajstić information content (AvgIpc) is 3.33. The highest BCUT2D eigenvalue weighted by Gasteiger charge is 2.25. The maximum Gasteiger partial charge on any atom is 0.253 e. The van der Waals surface area contributed by atoms with Gasteiger partial charge in [0.05, 0.1) is 11.3 Å². The van der Waals surface area contributed by atoms with Crippen LogP contribution in [0.4, 0.5) is 17.1 Å². The Balaban J connectivity index is 1.88. The molecular weight excluding hydrogens is 290 g/mol. The van der Waals surface area contributed by atoms with Gasteiger partial charge < -0.3 is 16.4 Å². The maximum atomic E-state index is 12.4. The van der Waals surface area contributed by atoms with Gasteiger partial charge in [-0.2, -0.15) is 0 Å². The van der Waals surface area contributed by atoms with Crippen molar-refractivity contribution in [3.8, 4) is 0 Å². The Bertz CT molecular complexity index is 767. The van der Waals surface area contributed by atoms with Crippen LogP contribution in [0.5, 0.6) is 0 Å². The topological polar surface area (TPSA) is 84.2 Å². The van der Waals surface area contributed by atoms with Crippen molar-refractivity contribution in [1.82, 2.24) is 5.32 Å². The first-order valence-corrected chi connectivity index (χ1v) is 7.61. The second-order valence-electron chi connectivity index (χ2n) is 5.81. The normalized spacial score (nSPS) is 13.4. The van der Waals surface area contributed by atoms with E-state index in [0.29, 0.717) is 22.5 Å². The zero-order chi connectivity index (χ0) is 16.4. The number of rotatable bonds is 5. The second kappa shape index (κ2) is 6.12. The van der Waals surface area contributed by atoms with Gasteiger partial charge in [-0.05, 0) is 50.1 Å². The van der Waals surface area contributed by atoms with Gasteiger partial charge in [-0.3, -0.25) is 9.59 Å². The number of hydrogen-bond donors (Lipinski definition) is 3. The van der Waals surface area contributed by atoms with Gasteiger partial charge in [0.2, 0.25) is 0 Å². The fourth-order valence-corrected chi connectivity index (χ4v) is 2.32. The summed E-state index contributed by atoms with van der Waals surface area (Å²) in [6.45, 7) is 1.52. The first-order valence-electron chi connectivity index (χ1n) is 7.61. The lowest BCUT2D eigenvalue weighted by molar-refractivity contribution is 0.0951. The predicted molar refractivity (Wildman–Crippen MR) is 91.1 cm³/mol. The monoisotopic (exact) mass is 309 g/mol. The van der Waals surface area contributed by atoms with Crippen LogP contribution >= 0.6 is 0 Å². The molecule has 23 heavy (non-hydrogen) atoms. The summed E-state index contributed by atoms with van der Waals surface area (Å²) in [6, 6.07) is 12.6. The zero-order valence-electron chi connectivity index (χ0n) is 12.9. The van der Waals surface area contributed by atoms with Crippen molar-refractivity contribution in [2.75, 3.05) is 11.1 Å².